The van der Waals surface area contributed by atoms with Crippen LogP contribution in [0.3, 0.4) is 0 Å². The van der Waals surface area contributed by atoms with Crippen LogP contribution in [0.1, 0.15) is 0 Å². The molecule has 1 rings (SSSR count). The Bertz CT molecular complexity index is 214. The van der Waals surface area contributed by atoms with Gasteiger partial charge in [-0.3, -0.25) is 0 Å². The molecule has 4 heteroatoms. The number of hydrogen-bond donors (Lipinski definition) is 1. The minimum atomic E-state index is -0.149. The highest BCUT2D eigenvalue weighted by Crippen LogP contribution is 2.57. The molecule has 0 spiro atoms. The Hall–Kier alpha value is 0.150. The fourth-order valence-electron chi connectivity index (χ4n) is 0.784. The van der Waals surface area contributed by atoms with Gasteiger partial charge in [-0.05, 0) is 24.6 Å². The van der Waals surface area contributed by atoms with Gasteiger partial charge in [-0.25, -0.2) is 0 Å². The third kappa shape index (κ3) is 3.26. The highest BCUT2D eigenvalue weighted by atomic mass is 33.1. The van der Waals surface area contributed by atoms with Gasteiger partial charge in [-0.2, -0.15) is 0 Å². The zero-order valence-corrected chi connectivity index (χ0v) is 9.68. The predicted octanol–water partition coefficient (Wildman–Crippen LogP) is 4.05. The molecule has 0 aliphatic rings. The standard InChI is InChI=1S/C8H12NPS2/c1-11-10(12-2)9-8-6-4-3-5-7-8/h3-7,9H,1-2H3. The first-order valence-corrected chi connectivity index (χ1v) is 8.57. The molecule has 0 saturated heterocycles. The average molecular weight is 217 g/mol. The summed E-state index contributed by atoms with van der Waals surface area (Å²) in [5.41, 5.74) is 1.22. The molecule has 0 aliphatic carbocycles. The first kappa shape index (κ1) is 10.2. The molecule has 0 amide bonds. The van der Waals surface area contributed by atoms with Crippen LogP contribution in [0.4, 0.5) is 5.69 Å². The molecule has 1 aromatic rings. The molecule has 0 heterocycles. The molecule has 0 unspecified atom stereocenters. The van der Waals surface area contributed by atoms with Crippen molar-refractivity contribution >= 4 is 34.9 Å². The molecular weight excluding hydrogens is 205 g/mol. The number of para-hydroxylation sites is 1. The fraction of sp³-hybridized carbons (Fsp3) is 0.250. The van der Waals surface area contributed by atoms with E-state index in [0.717, 1.165) is 0 Å². The predicted molar refractivity (Wildman–Crippen MR) is 64.0 cm³/mol. The number of hydrogen-bond acceptors (Lipinski definition) is 3. The van der Waals surface area contributed by atoms with Gasteiger partial charge in [0.15, 0.2) is 0 Å². The average Bonchev–Trinajstić information content (AvgIpc) is 2.16. The molecule has 0 saturated carbocycles. The first-order chi connectivity index (χ1) is 5.86. The van der Waals surface area contributed by atoms with Gasteiger partial charge < -0.3 is 5.09 Å². The van der Waals surface area contributed by atoms with Crippen LogP contribution in [0.15, 0.2) is 30.3 Å². The van der Waals surface area contributed by atoms with Crippen LogP contribution in [0.5, 0.6) is 0 Å². The number of nitrogens with one attached hydrogen (secondary N) is 1. The summed E-state index contributed by atoms with van der Waals surface area (Å²) in [6.45, 7) is -0.149. The topological polar surface area (TPSA) is 12.0 Å². The van der Waals surface area contributed by atoms with E-state index < -0.39 is 0 Å². The normalized spacial score (nSPS) is 10.2. The fourth-order valence-corrected chi connectivity index (χ4v) is 4.44. The minimum Gasteiger partial charge on any atom is -0.348 e. The molecule has 0 aliphatic heterocycles. The lowest BCUT2D eigenvalue weighted by Gasteiger charge is -2.13. The van der Waals surface area contributed by atoms with Gasteiger partial charge in [0.25, 0.3) is 0 Å². The van der Waals surface area contributed by atoms with Crippen molar-refractivity contribution in [3.63, 3.8) is 0 Å². The van der Waals surface area contributed by atoms with Crippen molar-refractivity contribution in [2.45, 2.75) is 0 Å². The maximum Gasteiger partial charge on any atom is 0.112 e. The molecule has 0 radical (unpaired) electrons. The molecule has 0 aromatic heterocycles. The summed E-state index contributed by atoms with van der Waals surface area (Å²) in [6, 6.07) is 10.3. The van der Waals surface area contributed by atoms with Gasteiger partial charge in [0.1, 0.15) is 6.48 Å². The summed E-state index contributed by atoms with van der Waals surface area (Å²) in [6.07, 6.45) is 4.27. The molecular formula is C8H12NPS2. The number of anilines is 1. The molecule has 66 valence electrons. The highest BCUT2D eigenvalue weighted by molar-refractivity contribution is 8.88. The van der Waals surface area contributed by atoms with Crippen molar-refractivity contribution in [1.82, 2.24) is 0 Å². The van der Waals surface area contributed by atoms with Gasteiger partial charge in [-0.1, -0.05) is 18.2 Å². The Morgan fingerprint density at radius 1 is 1.08 bits per heavy atom. The van der Waals surface area contributed by atoms with Crippen LogP contribution in [-0.4, -0.2) is 12.5 Å². The molecule has 0 atom stereocenters. The van der Waals surface area contributed by atoms with Crippen LogP contribution in [0.25, 0.3) is 0 Å². The van der Waals surface area contributed by atoms with E-state index in [-0.39, 0.29) is 6.48 Å². The Morgan fingerprint density at radius 2 is 1.67 bits per heavy atom. The van der Waals surface area contributed by atoms with Crippen molar-refractivity contribution in [3.8, 4) is 0 Å². The van der Waals surface area contributed by atoms with Crippen molar-refractivity contribution in [2.24, 2.45) is 0 Å². The summed E-state index contributed by atoms with van der Waals surface area (Å²) in [7, 11) is 0. The Balaban J connectivity index is 2.51. The highest BCUT2D eigenvalue weighted by Gasteiger charge is 2.02. The number of benzene rings is 1. The smallest absolute Gasteiger partial charge is 0.112 e. The van der Waals surface area contributed by atoms with E-state index in [1.165, 1.54) is 5.69 Å². The third-order valence-corrected chi connectivity index (χ3v) is 7.65. The van der Waals surface area contributed by atoms with E-state index >= 15 is 0 Å². The summed E-state index contributed by atoms with van der Waals surface area (Å²) in [5.74, 6) is 0. The third-order valence-electron chi connectivity index (χ3n) is 1.33. The second kappa shape index (κ2) is 5.74. The van der Waals surface area contributed by atoms with Crippen molar-refractivity contribution in [2.75, 3.05) is 17.6 Å². The Labute approximate surface area is 83.0 Å². The largest absolute Gasteiger partial charge is 0.348 e. The molecule has 0 bridgehead atoms. The van der Waals surface area contributed by atoms with Crippen molar-refractivity contribution in [3.05, 3.63) is 30.3 Å². The van der Waals surface area contributed by atoms with Crippen LogP contribution in [0.2, 0.25) is 0 Å². The van der Waals surface area contributed by atoms with E-state index in [4.69, 9.17) is 0 Å². The van der Waals surface area contributed by atoms with E-state index in [1.807, 2.05) is 28.8 Å². The molecule has 1 nitrogen and oxygen atoms in total. The lowest BCUT2D eigenvalue weighted by atomic mass is 10.3. The van der Waals surface area contributed by atoms with Crippen LogP contribution < -0.4 is 5.09 Å². The zero-order chi connectivity index (χ0) is 8.81. The minimum absolute atomic E-state index is 0.149. The van der Waals surface area contributed by atoms with Crippen molar-refractivity contribution < 1.29 is 0 Å². The summed E-state index contributed by atoms with van der Waals surface area (Å²) in [5, 5.41) is 3.47. The Morgan fingerprint density at radius 3 is 2.17 bits per heavy atom. The van der Waals surface area contributed by atoms with Gasteiger partial charge >= 0.3 is 0 Å². The first-order valence-electron chi connectivity index (χ1n) is 3.57. The second-order valence-corrected chi connectivity index (χ2v) is 8.64. The summed E-state index contributed by atoms with van der Waals surface area (Å²) < 4.78 is 0. The van der Waals surface area contributed by atoms with Crippen molar-refractivity contribution in [1.29, 1.82) is 0 Å². The van der Waals surface area contributed by atoms with Gasteiger partial charge in [0.2, 0.25) is 0 Å². The van der Waals surface area contributed by atoms with E-state index in [0.29, 0.717) is 0 Å². The molecule has 1 N–H and O–H groups in total. The lowest BCUT2D eigenvalue weighted by Crippen LogP contribution is -1.84. The summed E-state index contributed by atoms with van der Waals surface area (Å²) in [4.78, 5) is 0. The maximum absolute atomic E-state index is 3.47. The van der Waals surface area contributed by atoms with Crippen LogP contribution in [0, 0.1) is 0 Å². The van der Waals surface area contributed by atoms with Crippen LogP contribution >= 0.6 is 29.2 Å². The maximum atomic E-state index is 3.47. The van der Waals surface area contributed by atoms with Gasteiger partial charge in [0.05, 0.1) is 0 Å². The second-order valence-electron chi connectivity index (χ2n) is 2.10. The molecule has 0 fully saturated rings. The molecule has 12 heavy (non-hydrogen) atoms. The molecule has 1 aromatic carbocycles. The van der Waals surface area contributed by atoms with Crippen LogP contribution in [-0.2, 0) is 0 Å². The monoisotopic (exact) mass is 217 g/mol. The van der Waals surface area contributed by atoms with Gasteiger partial charge in [0, 0.05) is 5.69 Å². The number of rotatable bonds is 4. The zero-order valence-electron chi connectivity index (χ0n) is 7.15. The SMILES string of the molecule is CSP(Nc1ccccc1)SC. The van der Waals surface area contributed by atoms with E-state index in [2.05, 4.69) is 41.9 Å². The van der Waals surface area contributed by atoms with E-state index in [1.54, 1.807) is 0 Å². The summed E-state index contributed by atoms with van der Waals surface area (Å²) >= 11 is 3.76. The lowest BCUT2D eigenvalue weighted by molar-refractivity contribution is 1.68. The van der Waals surface area contributed by atoms with E-state index in [9.17, 15) is 0 Å². The van der Waals surface area contributed by atoms with Gasteiger partial charge in [-0.15, -0.1) is 22.8 Å². The Kier molecular flexibility index (Phi) is 4.89. The quantitative estimate of drug-likeness (QED) is 0.764.